The summed E-state index contributed by atoms with van der Waals surface area (Å²) in [5.74, 6) is 1.62. The van der Waals surface area contributed by atoms with Crippen molar-refractivity contribution in [2.45, 2.75) is 20.1 Å². The highest BCUT2D eigenvalue weighted by Gasteiger charge is 2.18. The van der Waals surface area contributed by atoms with E-state index in [0.717, 1.165) is 21.3 Å². The molecule has 36 heavy (non-hydrogen) atoms. The lowest BCUT2D eigenvalue weighted by Gasteiger charge is -2.21. The maximum atomic E-state index is 13.1. The number of fused-ring (bicyclic) bond motifs is 2. The normalized spacial score (nSPS) is 12.5. The molecule has 0 radical (unpaired) electrons. The fourth-order valence-corrected chi connectivity index (χ4v) is 4.45. The molecule has 0 saturated carbocycles. The number of halogens is 1. The van der Waals surface area contributed by atoms with Crippen molar-refractivity contribution in [2.75, 3.05) is 13.9 Å². The van der Waals surface area contributed by atoms with Gasteiger partial charge < -0.3 is 28.1 Å². The van der Waals surface area contributed by atoms with Crippen molar-refractivity contribution in [3.8, 4) is 23.0 Å². The summed E-state index contributed by atoms with van der Waals surface area (Å²) in [5.41, 5.74) is 2.27. The number of hydrogen-bond acceptors (Lipinski definition) is 8. The number of rotatable bonds is 6. The van der Waals surface area contributed by atoms with E-state index in [-0.39, 0.29) is 24.6 Å². The molecule has 0 aliphatic carbocycles. The van der Waals surface area contributed by atoms with Crippen molar-refractivity contribution in [3.05, 3.63) is 91.7 Å². The molecule has 3 aromatic carbocycles. The minimum atomic E-state index is -0.456. The fourth-order valence-electron chi connectivity index (χ4n) is 3.90. The van der Waals surface area contributed by atoms with Crippen LogP contribution in [0, 0.1) is 6.92 Å². The van der Waals surface area contributed by atoms with E-state index in [1.54, 1.807) is 49.4 Å². The highest BCUT2D eigenvalue weighted by Crippen LogP contribution is 2.33. The second-order valence-electron chi connectivity index (χ2n) is 8.04. The monoisotopic (exact) mass is 552 g/mol. The second-order valence-corrected chi connectivity index (χ2v) is 8.96. The van der Waals surface area contributed by atoms with Crippen LogP contribution in [0.15, 0.2) is 68.3 Å². The molecular weight excluding hydrogens is 532 g/mol. The van der Waals surface area contributed by atoms with Crippen molar-refractivity contribution in [1.82, 2.24) is 0 Å². The lowest BCUT2D eigenvalue weighted by Crippen LogP contribution is -2.14. The van der Waals surface area contributed by atoms with Gasteiger partial charge in [-0.25, -0.2) is 4.79 Å². The van der Waals surface area contributed by atoms with E-state index in [0.29, 0.717) is 40.4 Å². The van der Waals surface area contributed by atoms with Crippen molar-refractivity contribution < 1.29 is 32.9 Å². The Morgan fingerprint density at radius 3 is 2.61 bits per heavy atom. The first-order valence-electron chi connectivity index (χ1n) is 11.0. The molecular formula is C27H21BrO8. The summed E-state index contributed by atoms with van der Waals surface area (Å²) in [6.07, 6.45) is 0. The lowest BCUT2D eigenvalue weighted by molar-refractivity contribution is -0.0176. The molecule has 0 atom stereocenters. The zero-order valence-electron chi connectivity index (χ0n) is 19.5. The molecule has 0 fully saturated rings. The molecule has 0 N–H and O–H groups in total. The zero-order chi connectivity index (χ0) is 25.2. The highest BCUT2D eigenvalue weighted by atomic mass is 79.9. The molecule has 2 heterocycles. The summed E-state index contributed by atoms with van der Waals surface area (Å²) in [6.45, 7) is 2.59. The number of ether oxygens (including phenoxy) is 5. The van der Waals surface area contributed by atoms with Crippen molar-refractivity contribution in [3.63, 3.8) is 0 Å². The van der Waals surface area contributed by atoms with E-state index < -0.39 is 5.97 Å². The Balaban J connectivity index is 1.37. The summed E-state index contributed by atoms with van der Waals surface area (Å²) in [5, 5.41) is 0.356. The summed E-state index contributed by atoms with van der Waals surface area (Å²) in [6, 6.07) is 15.2. The first-order valence-corrected chi connectivity index (χ1v) is 11.8. The first kappa shape index (κ1) is 23.9. The molecule has 0 bridgehead atoms. The lowest BCUT2D eigenvalue weighted by atomic mass is 10.1. The standard InChI is InChI=1S/C27H21BrO8/c1-15-25(36-20-5-3-16(4-6-20)27(30)31-2)24(29)22-8-7-21(11-23(22)35-15)33-13-18-10-19(28)9-17-12-32-14-34-26(17)18/h3-11H,12-14H2,1-2H3. The van der Waals surface area contributed by atoms with Crippen LogP contribution < -0.4 is 19.6 Å². The van der Waals surface area contributed by atoms with Gasteiger partial charge >= 0.3 is 5.97 Å². The SMILES string of the molecule is COC(=O)c1ccc(Oc2c(C)oc3cc(OCc4cc(Br)cc5c4OCOC5)ccc3c2=O)cc1. The summed E-state index contributed by atoms with van der Waals surface area (Å²) >= 11 is 3.51. The van der Waals surface area contributed by atoms with Gasteiger partial charge in [-0.3, -0.25) is 4.79 Å². The quantitative estimate of drug-likeness (QED) is 0.273. The van der Waals surface area contributed by atoms with Crippen LogP contribution in [0.3, 0.4) is 0 Å². The molecule has 1 aliphatic heterocycles. The molecule has 9 heteroatoms. The van der Waals surface area contributed by atoms with E-state index in [1.807, 2.05) is 12.1 Å². The number of carbonyl (C=O) groups is 1. The van der Waals surface area contributed by atoms with E-state index in [1.165, 1.54) is 7.11 Å². The Kier molecular flexibility index (Phi) is 6.67. The third-order valence-corrected chi connectivity index (χ3v) is 6.09. The summed E-state index contributed by atoms with van der Waals surface area (Å²) < 4.78 is 34.3. The van der Waals surface area contributed by atoms with Crippen molar-refractivity contribution in [2.24, 2.45) is 0 Å². The summed E-state index contributed by atoms with van der Waals surface area (Å²) in [4.78, 5) is 24.7. The largest absolute Gasteiger partial charge is 0.489 e. The average molecular weight is 553 g/mol. The Labute approximate surface area is 214 Å². The van der Waals surface area contributed by atoms with Crippen LogP contribution in [-0.2, 0) is 22.7 Å². The van der Waals surface area contributed by atoms with Gasteiger partial charge in [-0.2, -0.15) is 0 Å². The molecule has 5 rings (SSSR count). The molecule has 1 aliphatic rings. The van der Waals surface area contributed by atoms with Crippen LogP contribution in [0.5, 0.6) is 23.0 Å². The van der Waals surface area contributed by atoms with Crippen molar-refractivity contribution >= 4 is 32.9 Å². The van der Waals surface area contributed by atoms with E-state index in [2.05, 4.69) is 15.9 Å². The molecule has 8 nitrogen and oxygen atoms in total. The fraction of sp³-hybridized carbons (Fsp3) is 0.185. The van der Waals surface area contributed by atoms with Crippen LogP contribution in [0.25, 0.3) is 11.0 Å². The third kappa shape index (κ3) is 4.80. The molecule has 0 amide bonds. The smallest absolute Gasteiger partial charge is 0.337 e. The van der Waals surface area contributed by atoms with Gasteiger partial charge in [0.2, 0.25) is 11.2 Å². The van der Waals surface area contributed by atoms with Gasteiger partial charge in [0.15, 0.2) is 6.79 Å². The predicted molar refractivity (Wildman–Crippen MR) is 134 cm³/mol. The molecule has 184 valence electrons. The van der Waals surface area contributed by atoms with Gasteiger partial charge in [-0.05, 0) is 55.5 Å². The minimum Gasteiger partial charge on any atom is -0.489 e. The topological polar surface area (TPSA) is 93.4 Å². The number of carbonyl (C=O) groups excluding carboxylic acids is 1. The van der Waals surface area contributed by atoms with E-state index in [9.17, 15) is 9.59 Å². The van der Waals surface area contributed by atoms with Gasteiger partial charge in [-0.1, -0.05) is 15.9 Å². The summed E-state index contributed by atoms with van der Waals surface area (Å²) in [7, 11) is 1.31. The van der Waals surface area contributed by atoms with Crippen LogP contribution in [0.1, 0.15) is 27.2 Å². The number of aryl methyl sites for hydroxylation is 1. The third-order valence-electron chi connectivity index (χ3n) is 5.63. The Hall–Kier alpha value is -3.82. The average Bonchev–Trinajstić information content (AvgIpc) is 2.89. The second kappa shape index (κ2) is 10.0. The van der Waals surface area contributed by atoms with Crippen LogP contribution >= 0.6 is 15.9 Å². The molecule has 4 aromatic rings. The predicted octanol–water partition coefficient (Wildman–Crippen LogP) is 5.89. The first-order chi connectivity index (χ1) is 17.4. The van der Waals surface area contributed by atoms with Crippen LogP contribution in [0.4, 0.5) is 0 Å². The number of hydrogen-bond donors (Lipinski definition) is 0. The van der Waals surface area contributed by atoms with Gasteiger partial charge in [0.1, 0.15) is 35.2 Å². The van der Waals surface area contributed by atoms with E-state index in [4.69, 9.17) is 28.1 Å². The van der Waals surface area contributed by atoms with Gasteiger partial charge in [0.25, 0.3) is 0 Å². The Morgan fingerprint density at radius 2 is 1.83 bits per heavy atom. The maximum Gasteiger partial charge on any atom is 0.337 e. The highest BCUT2D eigenvalue weighted by molar-refractivity contribution is 9.10. The number of benzene rings is 3. The molecule has 1 aromatic heterocycles. The Bertz CT molecular complexity index is 1510. The Morgan fingerprint density at radius 1 is 1.06 bits per heavy atom. The molecule has 0 spiro atoms. The minimum absolute atomic E-state index is 0.0714. The van der Waals surface area contributed by atoms with Gasteiger partial charge in [-0.15, -0.1) is 0 Å². The zero-order valence-corrected chi connectivity index (χ0v) is 21.0. The molecule has 0 unspecified atom stereocenters. The van der Waals surface area contributed by atoms with Gasteiger partial charge in [0, 0.05) is 21.7 Å². The number of methoxy groups -OCH3 is 1. The van der Waals surface area contributed by atoms with E-state index >= 15 is 0 Å². The number of esters is 1. The van der Waals surface area contributed by atoms with Crippen molar-refractivity contribution in [1.29, 1.82) is 0 Å². The van der Waals surface area contributed by atoms with Crippen LogP contribution in [-0.4, -0.2) is 19.9 Å². The van der Waals surface area contributed by atoms with Gasteiger partial charge in [0.05, 0.1) is 24.7 Å². The maximum absolute atomic E-state index is 13.1. The molecule has 0 saturated heterocycles. The van der Waals surface area contributed by atoms with Crippen LogP contribution in [0.2, 0.25) is 0 Å².